The van der Waals surface area contributed by atoms with Crippen molar-refractivity contribution in [3.05, 3.63) is 11.8 Å². The van der Waals surface area contributed by atoms with Crippen LogP contribution in [0.1, 0.15) is 6.92 Å². The van der Waals surface area contributed by atoms with Gasteiger partial charge in [0.05, 0.1) is 6.07 Å². The molecule has 0 aromatic heterocycles. The Labute approximate surface area is 50.0 Å². The zero-order valence-corrected chi connectivity index (χ0v) is 5.47. The standard InChI is InChI=1S/C6H10N2/c1-6(4-5-7)8(2)3/h4H,1-3H3. The van der Waals surface area contributed by atoms with Crippen LogP contribution in [0, 0.1) is 11.3 Å². The van der Waals surface area contributed by atoms with Crippen molar-refractivity contribution in [1.29, 1.82) is 5.26 Å². The molecule has 0 saturated heterocycles. The van der Waals surface area contributed by atoms with E-state index in [2.05, 4.69) is 0 Å². The quantitative estimate of drug-likeness (QED) is 0.470. The van der Waals surface area contributed by atoms with Crippen molar-refractivity contribution in [2.75, 3.05) is 14.1 Å². The average molecular weight is 110 g/mol. The van der Waals surface area contributed by atoms with Crippen molar-refractivity contribution in [3.63, 3.8) is 0 Å². The van der Waals surface area contributed by atoms with Crippen molar-refractivity contribution in [1.82, 2.24) is 4.90 Å². The summed E-state index contributed by atoms with van der Waals surface area (Å²) in [4.78, 5) is 1.89. The third kappa shape index (κ3) is 2.25. The van der Waals surface area contributed by atoms with Crippen LogP contribution >= 0.6 is 0 Å². The molecule has 0 amide bonds. The number of nitriles is 1. The molecule has 0 aliphatic heterocycles. The van der Waals surface area contributed by atoms with Gasteiger partial charge in [-0.05, 0) is 6.92 Å². The summed E-state index contributed by atoms with van der Waals surface area (Å²) in [5, 5.41) is 8.13. The highest BCUT2D eigenvalue weighted by Crippen LogP contribution is 1.92. The zero-order valence-electron chi connectivity index (χ0n) is 5.47. The highest BCUT2D eigenvalue weighted by atomic mass is 15.1. The van der Waals surface area contributed by atoms with E-state index in [1.807, 2.05) is 32.0 Å². The maximum absolute atomic E-state index is 8.13. The van der Waals surface area contributed by atoms with Gasteiger partial charge in [-0.2, -0.15) is 5.26 Å². The molecule has 0 atom stereocenters. The van der Waals surface area contributed by atoms with Gasteiger partial charge in [0.25, 0.3) is 0 Å². The summed E-state index contributed by atoms with van der Waals surface area (Å²) in [6.07, 6.45) is 1.51. The predicted molar refractivity (Wildman–Crippen MR) is 33.1 cm³/mol. The molecule has 0 rings (SSSR count). The molecule has 0 N–H and O–H groups in total. The van der Waals surface area contributed by atoms with Crippen LogP contribution in [-0.2, 0) is 0 Å². The maximum Gasteiger partial charge on any atom is 0.0930 e. The summed E-state index contributed by atoms with van der Waals surface area (Å²) in [6.45, 7) is 1.89. The van der Waals surface area contributed by atoms with Crippen LogP contribution in [0.15, 0.2) is 11.8 Å². The van der Waals surface area contributed by atoms with E-state index in [-0.39, 0.29) is 0 Å². The van der Waals surface area contributed by atoms with Crippen LogP contribution in [0.4, 0.5) is 0 Å². The second-order valence-electron chi connectivity index (χ2n) is 1.81. The molecule has 0 heterocycles. The van der Waals surface area contributed by atoms with Crippen LogP contribution < -0.4 is 0 Å². The molecule has 2 heteroatoms. The fourth-order valence-electron chi connectivity index (χ4n) is 0.223. The van der Waals surface area contributed by atoms with Crippen LogP contribution in [0.3, 0.4) is 0 Å². The molecule has 0 unspecified atom stereocenters. The molecular formula is C6H10N2. The molecule has 0 aromatic carbocycles. The lowest BCUT2D eigenvalue weighted by molar-refractivity contribution is 0.514. The van der Waals surface area contributed by atoms with Gasteiger partial charge in [0, 0.05) is 25.9 Å². The first-order valence-electron chi connectivity index (χ1n) is 2.42. The summed E-state index contributed by atoms with van der Waals surface area (Å²) < 4.78 is 0. The lowest BCUT2D eigenvalue weighted by atomic mass is 10.4. The van der Waals surface area contributed by atoms with Gasteiger partial charge < -0.3 is 4.90 Å². The van der Waals surface area contributed by atoms with Gasteiger partial charge in [0.2, 0.25) is 0 Å². The third-order valence-electron chi connectivity index (χ3n) is 0.979. The summed E-state index contributed by atoms with van der Waals surface area (Å²) in [7, 11) is 3.81. The lowest BCUT2D eigenvalue weighted by Crippen LogP contribution is -2.07. The largest absolute Gasteiger partial charge is 0.381 e. The van der Waals surface area contributed by atoms with E-state index in [9.17, 15) is 0 Å². The van der Waals surface area contributed by atoms with Crippen molar-refractivity contribution in [2.45, 2.75) is 6.92 Å². The van der Waals surface area contributed by atoms with Crippen LogP contribution in [-0.4, -0.2) is 19.0 Å². The Morgan fingerprint density at radius 3 is 2.25 bits per heavy atom. The number of hydrogen-bond donors (Lipinski definition) is 0. The van der Waals surface area contributed by atoms with Gasteiger partial charge >= 0.3 is 0 Å². The van der Waals surface area contributed by atoms with Crippen LogP contribution in [0.5, 0.6) is 0 Å². The van der Waals surface area contributed by atoms with Gasteiger partial charge in [0.1, 0.15) is 0 Å². The summed E-state index contributed by atoms with van der Waals surface area (Å²) in [5.41, 5.74) is 0.979. The molecule has 0 fully saturated rings. The average Bonchev–Trinajstić information content (AvgIpc) is 1.67. The highest BCUT2D eigenvalue weighted by Gasteiger charge is 1.85. The van der Waals surface area contributed by atoms with E-state index >= 15 is 0 Å². The van der Waals surface area contributed by atoms with E-state index in [1.165, 1.54) is 6.08 Å². The summed E-state index contributed by atoms with van der Waals surface area (Å²) in [5.74, 6) is 0. The minimum Gasteiger partial charge on any atom is -0.381 e. The number of nitrogens with zero attached hydrogens (tertiary/aromatic N) is 2. The molecule has 0 bridgehead atoms. The smallest absolute Gasteiger partial charge is 0.0930 e. The summed E-state index contributed by atoms with van der Waals surface area (Å²) in [6, 6.07) is 1.95. The third-order valence-corrected chi connectivity index (χ3v) is 0.979. The first-order valence-corrected chi connectivity index (χ1v) is 2.42. The van der Waals surface area contributed by atoms with E-state index in [0.717, 1.165) is 5.70 Å². The van der Waals surface area contributed by atoms with Gasteiger partial charge in [-0.15, -0.1) is 0 Å². The summed E-state index contributed by atoms with van der Waals surface area (Å²) >= 11 is 0. The predicted octanol–water partition coefficient (Wildman–Crippen LogP) is 0.975. The monoisotopic (exact) mass is 110 g/mol. The highest BCUT2D eigenvalue weighted by molar-refractivity contribution is 5.08. The zero-order chi connectivity index (χ0) is 6.57. The van der Waals surface area contributed by atoms with Gasteiger partial charge in [-0.1, -0.05) is 0 Å². The molecule has 0 spiro atoms. The number of rotatable bonds is 1. The first-order chi connectivity index (χ1) is 3.68. The van der Waals surface area contributed by atoms with Gasteiger partial charge in [0.15, 0.2) is 0 Å². The molecule has 0 aliphatic rings. The molecule has 2 nitrogen and oxygen atoms in total. The molecule has 0 saturated carbocycles. The van der Waals surface area contributed by atoms with Crippen molar-refractivity contribution < 1.29 is 0 Å². The Morgan fingerprint density at radius 2 is 2.12 bits per heavy atom. The molecule has 0 aromatic rings. The fraction of sp³-hybridized carbons (Fsp3) is 0.500. The van der Waals surface area contributed by atoms with Gasteiger partial charge in [-0.25, -0.2) is 0 Å². The Bertz CT molecular complexity index is 128. The second-order valence-corrected chi connectivity index (χ2v) is 1.81. The fourth-order valence-corrected chi connectivity index (χ4v) is 0.223. The maximum atomic E-state index is 8.13. The molecule has 8 heavy (non-hydrogen) atoms. The SMILES string of the molecule is CC(=CC#N)N(C)C. The Hall–Kier alpha value is -0.970. The van der Waals surface area contributed by atoms with Crippen LogP contribution in [0.25, 0.3) is 0 Å². The number of hydrogen-bond acceptors (Lipinski definition) is 2. The van der Waals surface area contributed by atoms with E-state index in [1.54, 1.807) is 0 Å². The number of allylic oxidation sites excluding steroid dienone is 2. The Balaban J connectivity index is 3.85. The molecule has 0 radical (unpaired) electrons. The molecule has 44 valence electrons. The second kappa shape index (κ2) is 3.09. The minimum absolute atomic E-state index is 0.979. The normalized spacial score (nSPS) is 10.5. The van der Waals surface area contributed by atoms with Crippen LogP contribution in [0.2, 0.25) is 0 Å². The lowest BCUT2D eigenvalue weighted by Gasteiger charge is -2.09. The van der Waals surface area contributed by atoms with Crippen molar-refractivity contribution in [2.24, 2.45) is 0 Å². The van der Waals surface area contributed by atoms with E-state index in [4.69, 9.17) is 5.26 Å². The van der Waals surface area contributed by atoms with E-state index in [0.29, 0.717) is 0 Å². The molecule has 0 aliphatic carbocycles. The topological polar surface area (TPSA) is 27.0 Å². The molecular weight excluding hydrogens is 100 g/mol. The van der Waals surface area contributed by atoms with Crippen molar-refractivity contribution >= 4 is 0 Å². The Kier molecular flexibility index (Phi) is 2.71. The van der Waals surface area contributed by atoms with E-state index < -0.39 is 0 Å². The van der Waals surface area contributed by atoms with Crippen molar-refractivity contribution in [3.8, 4) is 6.07 Å². The minimum atomic E-state index is 0.979. The Morgan fingerprint density at radius 1 is 1.62 bits per heavy atom. The first kappa shape index (κ1) is 7.03. The van der Waals surface area contributed by atoms with Gasteiger partial charge in [-0.3, -0.25) is 0 Å².